The highest BCUT2D eigenvalue weighted by molar-refractivity contribution is 6.35. The first kappa shape index (κ1) is 13.7. The van der Waals surface area contributed by atoms with Crippen molar-refractivity contribution in [3.8, 4) is 0 Å². The molecule has 3 N–H and O–H groups in total. The number of rotatable bonds is 5. The van der Waals surface area contributed by atoms with Crippen molar-refractivity contribution in [2.75, 3.05) is 6.61 Å². The Hall–Kier alpha value is -0.320. The maximum absolute atomic E-state index is 6.08. The second-order valence-electron chi connectivity index (χ2n) is 3.77. The second kappa shape index (κ2) is 6.42. The molecule has 1 aromatic carbocycles. The molecule has 0 aliphatic carbocycles. The zero-order valence-electron chi connectivity index (χ0n) is 9.34. The fraction of sp³-hybridized carbons (Fsp3) is 0.455. The molecule has 1 aromatic rings. The highest BCUT2D eigenvalue weighted by Gasteiger charge is 2.14. The summed E-state index contributed by atoms with van der Waals surface area (Å²) in [4.78, 5) is 0. The standard InChI is InChI=1S/C11H16Cl2N2O/c1-7(2)16-6-11(15-14)9-4-3-8(12)5-10(9)13/h3-5,7,11,15H,6,14H2,1-2H3. The number of hydrogen-bond donors (Lipinski definition) is 2. The molecule has 0 amide bonds. The van der Waals surface area contributed by atoms with Gasteiger partial charge in [0.1, 0.15) is 0 Å². The SMILES string of the molecule is CC(C)OCC(NN)c1ccc(Cl)cc1Cl. The number of nitrogens with one attached hydrogen (secondary N) is 1. The van der Waals surface area contributed by atoms with E-state index in [1.165, 1.54) is 0 Å². The maximum Gasteiger partial charge on any atom is 0.0708 e. The molecule has 0 radical (unpaired) electrons. The summed E-state index contributed by atoms with van der Waals surface area (Å²) in [6.07, 6.45) is 0.155. The van der Waals surface area contributed by atoms with Crippen LogP contribution in [0.1, 0.15) is 25.5 Å². The number of halogens is 2. The Morgan fingerprint density at radius 3 is 2.56 bits per heavy atom. The van der Waals surface area contributed by atoms with Gasteiger partial charge in [0.15, 0.2) is 0 Å². The van der Waals surface area contributed by atoms with Gasteiger partial charge in [-0.05, 0) is 31.5 Å². The van der Waals surface area contributed by atoms with Crippen molar-refractivity contribution in [1.29, 1.82) is 0 Å². The van der Waals surface area contributed by atoms with Gasteiger partial charge in [0, 0.05) is 10.0 Å². The predicted octanol–water partition coefficient (Wildman–Crippen LogP) is 2.92. The number of benzene rings is 1. The highest BCUT2D eigenvalue weighted by atomic mass is 35.5. The first-order valence-corrected chi connectivity index (χ1v) is 5.83. The van der Waals surface area contributed by atoms with Gasteiger partial charge in [0.2, 0.25) is 0 Å². The minimum Gasteiger partial charge on any atom is -0.377 e. The molecular weight excluding hydrogens is 247 g/mol. The normalized spacial score (nSPS) is 13.1. The summed E-state index contributed by atoms with van der Waals surface area (Å²) in [7, 11) is 0. The molecule has 0 heterocycles. The van der Waals surface area contributed by atoms with E-state index in [1.54, 1.807) is 12.1 Å². The lowest BCUT2D eigenvalue weighted by atomic mass is 10.1. The van der Waals surface area contributed by atoms with Crippen molar-refractivity contribution in [1.82, 2.24) is 5.43 Å². The van der Waals surface area contributed by atoms with Crippen LogP contribution < -0.4 is 11.3 Å². The lowest BCUT2D eigenvalue weighted by Gasteiger charge is -2.19. The molecule has 0 bridgehead atoms. The molecule has 1 rings (SSSR count). The molecule has 0 fully saturated rings. The Morgan fingerprint density at radius 2 is 2.06 bits per heavy atom. The molecule has 0 aliphatic heterocycles. The van der Waals surface area contributed by atoms with Crippen LogP contribution in [0.2, 0.25) is 10.0 Å². The molecule has 1 atom stereocenters. The van der Waals surface area contributed by atoms with Crippen molar-refractivity contribution in [2.45, 2.75) is 26.0 Å². The lowest BCUT2D eigenvalue weighted by molar-refractivity contribution is 0.0611. The zero-order chi connectivity index (χ0) is 12.1. The van der Waals surface area contributed by atoms with Crippen molar-refractivity contribution in [3.63, 3.8) is 0 Å². The molecule has 3 nitrogen and oxygen atoms in total. The Labute approximate surface area is 106 Å². The van der Waals surface area contributed by atoms with Gasteiger partial charge in [0.05, 0.1) is 18.8 Å². The summed E-state index contributed by atoms with van der Waals surface area (Å²) in [6.45, 7) is 4.41. The predicted molar refractivity (Wildman–Crippen MR) is 67.6 cm³/mol. The van der Waals surface area contributed by atoms with Gasteiger partial charge >= 0.3 is 0 Å². The van der Waals surface area contributed by atoms with Gasteiger partial charge in [-0.25, -0.2) is 0 Å². The quantitative estimate of drug-likeness (QED) is 0.634. The first-order valence-electron chi connectivity index (χ1n) is 5.07. The van der Waals surface area contributed by atoms with Crippen molar-refractivity contribution >= 4 is 23.2 Å². The average molecular weight is 263 g/mol. The molecule has 0 aromatic heterocycles. The molecule has 0 saturated heterocycles. The van der Waals surface area contributed by atoms with E-state index in [-0.39, 0.29) is 12.1 Å². The van der Waals surface area contributed by atoms with E-state index in [0.29, 0.717) is 16.7 Å². The number of hydrazine groups is 1. The van der Waals surface area contributed by atoms with E-state index < -0.39 is 0 Å². The van der Waals surface area contributed by atoms with Crippen molar-refractivity contribution < 1.29 is 4.74 Å². The fourth-order valence-electron chi connectivity index (χ4n) is 1.30. The van der Waals surface area contributed by atoms with Gasteiger partial charge in [0.25, 0.3) is 0 Å². The highest BCUT2D eigenvalue weighted by Crippen LogP contribution is 2.26. The zero-order valence-corrected chi connectivity index (χ0v) is 10.8. The monoisotopic (exact) mass is 262 g/mol. The van der Waals surface area contributed by atoms with Crippen molar-refractivity contribution in [2.24, 2.45) is 5.84 Å². The van der Waals surface area contributed by atoms with Gasteiger partial charge in [-0.1, -0.05) is 29.3 Å². The number of ether oxygens (including phenoxy) is 1. The smallest absolute Gasteiger partial charge is 0.0708 e. The van der Waals surface area contributed by atoms with Crippen LogP contribution in [0, 0.1) is 0 Å². The Morgan fingerprint density at radius 1 is 1.38 bits per heavy atom. The third kappa shape index (κ3) is 3.92. The summed E-state index contributed by atoms with van der Waals surface area (Å²) in [5.41, 5.74) is 3.57. The Bertz CT molecular complexity index is 345. The summed E-state index contributed by atoms with van der Waals surface area (Å²) in [5, 5.41) is 1.19. The minimum absolute atomic E-state index is 0.132. The lowest BCUT2D eigenvalue weighted by Crippen LogP contribution is -2.32. The molecule has 90 valence electrons. The number of hydrogen-bond acceptors (Lipinski definition) is 3. The van der Waals surface area contributed by atoms with Crippen LogP contribution in [0.25, 0.3) is 0 Å². The van der Waals surface area contributed by atoms with Crippen LogP contribution in [0.5, 0.6) is 0 Å². The molecule has 16 heavy (non-hydrogen) atoms. The average Bonchev–Trinajstić information content (AvgIpc) is 2.21. The topological polar surface area (TPSA) is 47.3 Å². The van der Waals surface area contributed by atoms with Gasteiger partial charge in [-0.3, -0.25) is 11.3 Å². The van der Waals surface area contributed by atoms with E-state index >= 15 is 0 Å². The molecular formula is C11H16Cl2N2O. The van der Waals surface area contributed by atoms with Crippen LogP contribution in [0.15, 0.2) is 18.2 Å². The summed E-state index contributed by atoms with van der Waals surface area (Å²) in [6, 6.07) is 5.19. The molecule has 0 saturated carbocycles. The fourth-order valence-corrected chi connectivity index (χ4v) is 1.84. The second-order valence-corrected chi connectivity index (χ2v) is 4.61. The molecule has 1 unspecified atom stereocenters. The van der Waals surface area contributed by atoms with Crippen LogP contribution in [0.4, 0.5) is 0 Å². The molecule has 0 spiro atoms. The minimum atomic E-state index is -0.132. The van der Waals surface area contributed by atoms with Crippen molar-refractivity contribution in [3.05, 3.63) is 33.8 Å². The molecule has 5 heteroatoms. The van der Waals surface area contributed by atoms with Crippen LogP contribution in [0.3, 0.4) is 0 Å². The van der Waals surface area contributed by atoms with E-state index in [1.807, 2.05) is 19.9 Å². The third-order valence-electron chi connectivity index (χ3n) is 2.14. The third-order valence-corrected chi connectivity index (χ3v) is 2.70. The van der Waals surface area contributed by atoms with E-state index in [0.717, 1.165) is 5.56 Å². The summed E-state index contributed by atoms with van der Waals surface area (Å²) in [5.74, 6) is 5.48. The van der Waals surface area contributed by atoms with Crippen LogP contribution in [-0.4, -0.2) is 12.7 Å². The largest absolute Gasteiger partial charge is 0.377 e. The Kier molecular flexibility index (Phi) is 5.52. The van der Waals surface area contributed by atoms with E-state index in [9.17, 15) is 0 Å². The Balaban J connectivity index is 2.78. The number of nitrogens with two attached hydrogens (primary N) is 1. The van der Waals surface area contributed by atoms with E-state index in [2.05, 4.69) is 5.43 Å². The van der Waals surface area contributed by atoms with E-state index in [4.69, 9.17) is 33.8 Å². The van der Waals surface area contributed by atoms with Gasteiger partial charge < -0.3 is 4.74 Å². The van der Waals surface area contributed by atoms with Gasteiger partial charge in [-0.15, -0.1) is 0 Å². The van der Waals surface area contributed by atoms with Gasteiger partial charge in [-0.2, -0.15) is 0 Å². The first-order chi connectivity index (χ1) is 7.54. The molecule has 0 aliphatic rings. The summed E-state index contributed by atoms with van der Waals surface area (Å²) < 4.78 is 5.50. The van der Waals surface area contributed by atoms with Crippen LogP contribution >= 0.6 is 23.2 Å². The summed E-state index contributed by atoms with van der Waals surface area (Å²) >= 11 is 11.9. The maximum atomic E-state index is 6.08. The van der Waals surface area contributed by atoms with Crippen LogP contribution in [-0.2, 0) is 4.74 Å².